The van der Waals surface area contributed by atoms with E-state index >= 15 is 0 Å². The molecule has 1 heterocycles. The highest BCUT2D eigenvalue weighted by Gasteiger charge is 2.23. The molecule has 0 saturated carbocycles. The minimum absolute atomic E-state index is 0.162. The molecule has 0 radical (unpaired) electrons. The average molecular weight is 226 g/mol. The first-order valence-corrected chi connectivity index (χ1v) is 5.12. The van der Waals surface area contributed by atoms with Crippen molar-refractivity contribution in [3.63, 3.8) is 0 Å². The molecular weight excluding hydrogens is 214 g/mol. The highest BCUT2D eigenvalue weighted by Crippen LogP contribution is 2.13. The smallest absolute Gasteiger partial charge is 0.237 e. The lowest BCUT2D eigenvalue weighted by molar-refractivity contribution is -0.124. The third kappa shape index (κ3) is 2.19. The zero-order chi connectivity index (χ0) is 11.5. The van der Waals surface area contributed by atoms with Gasteiger partial charge in [-0.1, -0.05) is 12.1 Å². The molecule has 2 rings (SSSR count). The third-order valence-electron chi connectivity index (χ3n) is 2.59. The fourth-order valence-corrected chi connectivity index (χ4v) is 1.74. The Labute approximate surface area is 91.8 Å². The molecular formula is C11H12F2N2O. The van der Waals surface area contributed by atoms with Crippen molar-refractivity contribution >= 4 is 5.91 Å². The lowest BCUT2D eigenvalue weighted by Crippen LogP contribution is -2.53. The molecule has 1 saturated heterocycles. The largest absolute Gasteiger partial charge is 0.353 e. The minimum atomic E-state index is -0.881. The number of carbonyl (C=O) groups excluding carboxylic acids is 1. The van der Waals surface area contributed by atoms with Crippen molar-refractivity contribution < 1.29 is 13.6 Å². The summed E-state index contributed by atoms with van der Waals surface area (Å²) in [7, 11) is 0. The van der Waals surface area contributed by atoms with Crippen molar-refractivity contribution in [1.29, 1.82) is 0 Å². The van der Waals surface area contributed by atoms with Crippen LogP contribution >= 0.6 is 0 Å². The van der Waals surface area contributed by atoms with Gasteiger partial charge in [0, 0.05) is 13.1 Å². The summed E-state index contributed by atoms with van der Waals surface area (Å²) in [5.41, 5.74) is 0.217. The normalized spacial score (nSPS) is 20.6. The fraction of sp³-hybridized carbons (Fsp3) is 0.364. The Morgan fingerprint density at radius 3 is 2.88 bits per heavy atom. The zero-order valence-electron chi connectivity index (χ0n) is 8.59. The first-order chi connectivity index (χ1) is 7.68. The molecule has 1 fully saturated rings. The number of benzene rings is 1. The number of halogens is 2. The second-order valence-electron chi connectivity index (χ2n) is 3.71. The molecule has 1 unspecified atom stereocenters. The van der Waals surface area contributed by atoms with E-state index in [1.807, 2.05) is 0 Å². The van der Waals surface area contributed by atoms with Gasteiger partial charge in [0.2, 0.25) is 5.91 Å². The Balaban J connectivity index is 2.14. The van der Waals surface area contributed by atoms with Crippen molar-refractivity contribution in [2.24, 2.45) is 0 Å². The molecule has 5 heteroatoms. The summed E-state index contributed by atoms with van der Waals surface area (Å²) >= 11 is 0. The van der Waals surface area contributed by atoms with Crippen LogP contribution in [0.3, 0.4) is 0 Å². The van der Waals surface area contributed by atoms with Gasteiger partial charge in [0.15, 0.2) is 11.6 Å². The van der Waals surface area contributed by atoms with Crippen LogP contribution in [0, 0.1) is 11.6 Å². The van der Waals surface area contributed by atoms with Gasteiger partial charge in [0.05, 0.1) is 6.04 Å². The fourth-order valence-electron chi connectivity index (χ4n) is 1.74. The van der Waals surface area contributed by atoms with Gasteiger partial charge in [0.25, 0.3) is 0 Å². The quantitative estimate of drug-likeness (QED) is 0.775. The van der Waals surface area contributed by atoms with E-state index < -0.39 is 17.7 Å². The van der Waals surface area contributed by atoms with Gasteiger partial charge in [-0.15, -0.1) is 0 Å². The van der Waals surface area contributed by atoms with Gasteiger partial charge < -0.3 is 10.6 Å². The van der Waals surface area contributed by atoms with Crippen LogP contribution in [0.4, 0.5) is 8.78 Å². The number of hydrogen-bond acceptors (Lipinski definition) is 2. The summed E-state index contributed by atoms with van der Waals surface area (Å²) < 4.78 is 26.3. The van der Waals surface area contributed by atoms with Crippen molar-refractivity contribution in [1.82, 2.24) is 10.6 Å². The van der Waals surface area contributed by atoms with Crippen LogP contribution in [-0.4, -0.2) is 25.0 Å². The summed E-state index contributed by atoms with van der Waals surface area (Å²) in [5, 5.41) is 5.63. The Hall–Kier alpha value is -1.49. The lowest BCUT2D eigenvalue weighted by atomic mass is 10.0. The highest BCUT2D eigenvalue weighted by molar-refractivity contribution is 5.82. The topological polar surface area (TPSA) is 41.1 Å². The second kappa shape index (κ2) is 4.57. The molecule has 1 aromatic carbocycles. The van der Waals surface area contributed by atoms with Crippen LogP contribution in [0.1, 0.15) is 5.56 Å². The average Bonchev–Trinajstić information content (AvgIpc) is 2.28. The second-order valence-corrected chi connectivity index (χ2v) is 3.71. The molecule has 1 aromatic rings. The van der Waals surface area contributed by atoms with Gasteiger partial charge in [0.1, 0.15) is 0 Å². The Bertz CT molecular complexity index is 409. The summed E-state index contributed by atoms with van der Waals surface area (Å²) in [6.07, 6.45) is 0.162. The minimum Gasteiger partial charge on any atom is -0.353 e. The van der Waals surface area contributed by atoms with Gasteiger partial charge in [-0.25, -0.2) is 8.78 Å². The molecule has 0 aromatic heterocycles. The lowest BCUT2D eigenvalue weighted by Gasteiger charge is -2.23. The zero-order valence-corrected chi connectivity index (χ0v) is 8.59. The molecule has 1 atom stereocenters. The molecule has 0 bridgehead atoms. The van der Waals surface area contributed by atoms with E-state index in [4.69, 9.17) is 0 Å². The molecule has 1 aliphatic heterocycles. The number of piperazine rings is 1. The van der Waals surface area contributed by atoms with Crippen LogP contribution in [0.2, 0.25) is 0 Å². The first kappa shape index (κ1) is 11.0. The number of nitrogens with one attached hydrogen (secondary N) is 2. The van der Waals surface area contributed by atoms with Gasteiger partial charge >= 0.3 is 0 Å². The maximum Gasteiger partial charge on any atom is 0.237 e. The molecule has 16 heavy (non-hydrogen) atoms. The SMILES string of the molecule is O=C1NCCNC1Cc1cccc(F)c1F. The van der Waals surface area contributed by atoms with E-state index in [1.54, 1.807) is 0 Å². The Morgan fingerprint density at radius 2 is 2.12 bits per heavy atom. The van der Waals surface area contributed by atoms with E-state index in [0.29, 0.717) is 13.1 Å². The number of amides is 1. The molecule has 1 amide bonds. The molecule has 3 nitrogen and oxygen atoms in total. The van der Waals surface area contributed by atoms with Crippen LogP contribution in [-0.2, 0) is 11.2 Å². The maximum atomic E-state index is 13.3. The molecule has 1 aliphatic rings. The summed E-state index contributed by atoms with van der Waals surface area (Å²) in [5.74, 6) is -1.92. The van der Waals surface area contributed by atoms with Crippen molar-refractivity contribution in [3.05, 3.63) is 35.4 Å². The number of carbonyl (C=O) groups is 1. The summed E-state index contributed by atoms with van der Waals surface area (Å²) in [4.78, 5) is 11.4. The molecule has 0 aliphatic carbocycles. The van der Waals surface area contributed by atoms with Crippen LogP contribution in [0.5, 0.6) is 0 Å². The molecule has 0 spiro atoms. The predicted octanol–water partition coefficient (Wildman–Crippen LogP) is 0.595. The monoisotopic (exact) mass is 226 g/mol. The Morgan fingerprint density at radius 1 is 1.31 bits per heavy atom. The van der Waals surface area contributed by atoms with Crippen LogP contribution in [0.25, 0.3) is 0 Å². The molecule has 86 valence electrons. The summed E-state index contributed by atoms with van der Waals surface area (Å²) in [6.45, 7) is 1.22. The Kier molecular flexibility index (Phi) is 3.14. The van der Waals surface area contributed by atoms with Crippen molar-refractivity contribution in [2.45, 2.75) is 12.5 Å². The van der Waals surface area contributed by atoms with Crippen LogP contribution in [0.15, 0.2) is 18.2 Å². The maximum absolute atomic E-state index is 13.3. The van der Waals surface area contributed by atoms with E-state index in [0.717, 1.165) is 6.07 Å². The standard InChI is InChI=1S/C11H12F2N2O/c12-8-3-1-2-7(10(8)13)6-9-11(16)15-5-4-14-9/h1-3,9,14H,4-6H2,(H,15,16). The van der Waals surface area contributed by atoms with Gasteiger partial charge in [-0.2, -0.15) is 0 Å². The van der Waals surface area contributed by atoms with Gasteiger partial charge in [-0.05, 0) is 18.1 Å². The number of rotatable bonds is 2. The van der Waals surface area contributed by atoms with E-state index in [-0.39, 0.29) is 17.9 Å². The third-order valence-corrected chi connectivity index (χ3v) is 2.59. The van der Waals surface area contributed by atoms with E-state index in [9.17, 15) is 13.6 Å². The van der Waals surface area contributed by atoms with Gasteiger partial charge in [-0.3, -0.25) is 4.79 Å². The van der Waals surface area contributed by atoms with Crippen molar-refractivity contribution in [3.8, 4) is 0 Å². The van der Waals surface area contributed by atoms with E-state index in [2.05, 4.69) is 10.6 Å². The van der Waals surface area contributed by atoms with Crippen molar-refractivity contribution in [2.75, 3.05) is 13.1 Å². The highest BCUT2D eigenvalue weighted by atomic mass is 19.2. The summed E-state index contributed by atoms with van der Waals surface area (Å²) in [6, 6.07) is 3.51. The first-order valence-electron chi connectivity index (χ1n) is 5.12. The number of hydrogen-bond donors (Lipinski definition) is 2. The van der Waals surface area contributed by atoms with E-state index in [1.165, 1.54) is 12.1 Å². The van der Waals surface area contributed by atoms with Crippen LogP contribution < -0.4 is 10.6 Å². The predicted molar refractivity (Wildman–Crippen MR) is 54.9 cm³/mol. The molecule has 2 N–H and O–H groups in total.